The molecule has 0 aliphatic carbocycles. The van der Waals surface area contributed by atoms with Crippen LogP contribution >= 0.6 is 0 Å². The van der Waals surface area contributed by atoms with Gasteiger partial charge in [0.2, 0.25) is 0 Å². The number of hydrogen-bond donors (Lipinski definition) is 4. The van der Waals surface area contributed by atoms with Crippen LogP contribution < -0.4 is 11.5 Å². The molecule has 6 N–H and O–H groups in total. The lowest BCUT2D eigenvalue weighted by atomic mass is 9.98. The Morgan fingerprint density at radius 3 is 1.27 bits per heavy atom. The first kappa shape index (κ1) is 22.0. The first-order chi connectivity index (χ1) is 16.0. The fraction of sp³-hybridized carbons (Fsp3) is 0.0714. The fourth-order valence-electron chi connectivity index (χ4n) is 3.79. The highest BCUT2D eigenvalue weighted by atomic mass is 16.5. The van der Waals surface area contributed by atoms with Crippen molar-refractivity contribution in [2.75, 3.05) is 0 Å². The summed E-state index contributed by atoms with van der Waals surface area (Å²) in [5.74, 6) is 0.125. The lowest BCUT2D eigenvalue weighted by molar-refractivity contribution is 0.108. The van der Waals surface area contributed by atoms with Crippen LogP contribution in [0.1, 0.15) is 22.3 Å². The molecule has 5 heteroatoms. The second-order valence-electron chi connectivity index (χ2n) is 7.79. The topological polar surface area (TPSA) is 109 Å². The summed E-state index contributed by atoms with van der Waals surface area (Å²) in [5.41, 5.74) is 19.1. The molecule has 4 aromatic carbocycles. The molecular weight excluding hydrogens is 408 g/mol. The van der Waals surface area contributed by atoms with Crippen LogP contribution in [0, 0.1) is 10.8 Å². The van der Waals surface area contributed by atoms with Crippen LogP contribution in [0.4, 0.5) is 0 Å². The number of ether oxygens (including phenoxy) is 1. The molecule has 0 amide bonds. The van der Waals surface area contributed by atoms with Crippen molar-refractivity contribution in [2.24, 2.45) is 11.5 Å². The molecule has 0 aromatic heterocycles. The Morgan fingerprint density at radius 2 is 0.909 bits per heavy atom. The van der Waals surface area contributed by atoms with Crippen molar-refractivity contribution >= 4 is 11.7 Å². The van der Waals surface area contributed by atoms with Crippen LogP contribution in [-0.2, 0) is 18.0 Å². The lowest BCUT2D eigenvalue weighted by Gasteiger charge is -2.13. The fourth-order valence-corrected chi connectivity index (χ4v) is 3.79. The third kappa shape index (κ3) is 5.17. The summed E-state index contributed by atoms with van der Waals surface area (Å²) in [6.07, 6.45) is 0. The number of hydrogen-bond acceptors (Lipinski definition) is 3. The van der Waals surface area contributed by atoms with Gasteiger partial charge in [0.05, 0.1) is 13.2 Å². The number of benzene rings is 4. The van der Waals surface area contributed by atoms with Crippen LogP contribution in [-0.4, -0.2) is 11.7 Å². The molecule has 0 aliphatic heterocycles. The number of rotatable bonds is 8. The Bertz CT molecular complexity index is 1180. The van der Waals surface area contributed by atoms with Gasteiger partial charge in [0.15, 0.2) is 0 Å². The van der Waals surface area contributed by atoms with Crippen molar-refractivity contribution in [3.8, 4) is 22.3 Å². The van der Waals surface area contributed by atoms with E-state index in [0.717, 1.165) is 33.4 Å². The Balaban J connectivity index is 1.50. The summed E-state index contributed by atoms with van der Waals surface area (Å²) >= 11 is 0. The van der Waals surface area contributed by atoms with Gasteiger partial charge in [0.1, 0.15) is 11.7 Å². The zero-order valence-corrected chi connectivity index (χ0v) is 18.2. The van der Waals surface area contributed by atoms with E-state index in [1.165, 1.54) is 0 Å². The third-order valence-corrected chi connectivity index (χ3v) is 5.56. The summed E-state index contributed by atoms with van der Waals surface area (Å²) in [7, 11) is 0. The van der Waals surface area contributed by atoms with Gasteiger partial charge in [0.25, 0.3) is 0 Å². The maximum absolute atomic E-state index is 7.58. The van der Waals surface area contributed by atoms with Gasteiger partial charge < -0.3 is 16.2 Å². The second kappa shape index (κ2) is 9.94. The SMILES string of the molecule is N=C(N)c1ccc(-c2ccccc2COCc2ccccc2-c2ccc(C(=N)N)cc2)cc1. The first-order valence-corrected chi connectivity index (χ1v) is 10.7. The van der Waals surface area contributed by atoms with Gasteiger partial charge in [-0.25, -0.2) is 0 Å². The van der Waals surface area contributed by atoms with Gasteiger partial charge in [-0.15, -0.1) is 0 Å². The first-order valence-electron chi connectivity index (χ1n) is 10.7. The zero-order valence-electron chi connectivity index (χ0n) is 18.2. The Labute approximate surface area is 193 Å². The highest BCUT2D eigenvalue weighted by Gasteiger charge is 2.09. The minimum absolute atomic E-state index is 0.0627. The van der Waals surface area contributed by atoms with E-state index in [4.69, 9.17) is 27.0 Å². The largest absolute Gasteiger partial charge is 0.384 e. The second-order valence-corrected chi connectivity index (χ2v) is 7.79. The maximum Gasteiger partial charge on any atom is 0.122 e. The number of amidine groups is 2. The standard InChI is InChI=1S/C28H26N4O/c29-27(30)21-13-9-19(10-14-21)25-7-3-1-5-23(25)17-33-18-24-6-2-4-8-26(24)20-11-15-22(16-12-20)28(31)32/h1-16H,17-18H2,(H3,29,30)(H3,31,32). The monoisotopic (exact) mass is 434 g/mol. The molecule has 0 heterocycles. The van der Waals surface area contributed by atoms with Crippen LogP contribution in [0.15, 0.2) is 97.1 Å². The van der Waals surface area contributed by atoms with Crippen LogP contribution in [0.2, 0.25) is 0 Å². The van der Waals surface area contributed by atoms with Crippen LogP contribution in [0.3, 0.4) is 0 Å². The molecule has 0 saturated heterocycles. The van der Waals surface area contributed by atoms with Crippen molar-refractivity contribution in [3.05, 3.63) is 119 Å². The molecule has 0 saturated carbocycles. The minimum atomic E-state index is 0.0627. The normalized spacial score (nSPS) is 10.7. The molecule has 5 nitrogen and oxygen atoms in total. The molecule has 4 rings (SSSR count). The maximum atomic E-state index is 7.58. The number of nitrogens with two attached hydrogens (primary N) is 2. The summed E-state index contributed by atoms with van der Waals surface area (Å²) in [6.45, 7) is 0.949. The van der Waals surface area contributed by atoms with Gasteiger partial charge in [-0.3, -0.25) is 10.8 Å². The van der Waals surface area contributed by atoms with E-state index in [0.29, 0.717) is 24.3 Å². The van der Waals surface area contributed by atoms with Gasteiger partial charge >= 0.3 is 0 Å². The van der Waals surface area contributed by atoms with Crippen molar-refractivity contribution in [2.45, 2.75) is 13.2 Å². The predicted octanol–water partition coefficient (Wildman–Crippen LogP) is 5.31. The summed E-state index contributed by atoms with van der Waals surface area (Å²) in [4.78, 5) is 0. The van der Waals surface area contributed by atoms with E-state index in [1.54, 1.807) is 0 Å². The molecular formula is C28H26N4O. The van der Waals surface area contributed by atoms with Crippen molar-refractivity contribution < 1.29 is 4.74 Å². The van der Waals surface area contributed by atoms with E-state index in [9.17, 15) is 0 Å². The van der Waals surface area contributed by atoms with Crippen molar-refractivity contribution in [3.63, 3.8) is 0 Å². The van der Waals surface area contributed by atoms with Gasteiger partial charge in [-0.1, -0.05) is 97.1 Å². The molecule has 0 unspecified atom stereocenters. The molecule has 0 fully saturated rings. The average Bonchev–Trinajstić information content (AvgIpc) is 2.85. The summed E-state index contributed by atoms with van der Waals surface area (Å²) in [5, 5.41) is 15.2. The number of nitrogens with one attached hydrogen (secondary N) is 2. The Kier molecular flexibility index (Phi) is 6.62. The van der Waals surface area contributed by atoms with Crippen LogP contribution in [0.25, 0.3) is 22.3 Å². The van der Waals surface area contributed by atoms with Crippen molar-refractivity contribution in [1.29, 1.82) is 10.8 Å². The minimum Gasteiger partial charge on any atom is -0.384 e. The third-order valence-electron chi connectivity index (χ3n) is 5.56. The smallest absolute Gasteiger partial charge is 0.122 e. The van der Waals surface area contributed by atoms with Gasteiger partial charge in [-0.05, 0) is 33.4 Å². The molecule has 0 bridgehead atoms. The molecule has 164 valence electrons. The molecule has 0 aliphatic rings. The van der Waals surface area contributed by atoms with Crippen LogP contribution in [0.5, 0.6) is 0 Å². The zero-order chi connectivity index (χ0) is 23.2. The quantitative estimate of drug-likeness (QED) is 0.223. The number of nitrogen functional groups attached to an aromatic ring is 2. The van der Waals surface area contributed by atoms with Crippen molar-refractivity contribution in [1.82, 2.24) is 0 Å². The van der Waals surface area contributed by atoms with E-state index in [1.807, 2.05) is 72.8 Å². The van der Waals surface area contributed by atoms with E-state index >= 15 is 0 Å². The highest BCUT2D eigenvalue weighted by Crippen LogP contribution is 2.27. The predicted molar refractivity (Wildman–Crippen MR) is 134 cm³/mol. The molecule has 33 heavy (non-hydrogen) atoms. The molecule has 0 radical (unpaired) electrons. The Hall–Kier alpha value is -4.22. The van der Waals surface area contributed by atoms with E-state index in [-0.39, 0.29) is 11.7 Å². The molecule has 0 spiro atoms. The molecule has 4 aromatic rings. The van der Waals surface area contributed by atoms with E-state index < -0.39 is 0 Å². The Morgan fingerprint density at radius 1 is 0.545 bits per heavy atom. The summed E-state index contributed by atoms with van der Waals surface area (Å²) < 4.78 is 6.15. The van der Waals surface area contributed by atoms with Gasteiger partial charge in [-0.2, -0.15) is 0 Å². The van der Waals surface area contributed by atoms with Gasteiger partial charge in [0, 0.05) is 11.1 Å². The van der Waals surface area contributed by atoms with E-state index in [2.05, 4.69) is 24.3 Å². The summed E-state index contributed by atoms with van der Waals surface area (Å²) in [6, 6.07) is 31.7. The molecule has 0 atom stereocenters. The highest BCUT2D eigenvalue weighted by molar-refractivity contribution is 5.96. The lowest BCUT2D eigenvalue weighted by Crippen LogP contribution is -2.10. The average molecular weight is 435 g/mol.